The van der Waals surface area contributed by atoms with Crippen LogP contribution in [-0.4, -0.2) is 94.1 Å². The number of urea groups is 1. The topological polar surface area (TPSA) is 143 Å². The maximum Gasteiger partial charge on any atom is 0.354 e. The van der Waals surface area contributed by atoms with Crippen molar-refractivity contribution in [2.45, 2.75) is 32.2 Å². The molecule has 1 aromatic carbocycles. The molecule has 2 saturated heterocycles. The first kappa shape index (κ1) is 29.6. The molecule has 0 saturated carbocycles. The lowest BCUT2D eigenvalue weighted by molar-refractivity contribution is -0.137. The lowest BCUT2D eigenvalue weighted by atomic mass is 10.1. The zero-order chi connectivity index (χ0) is 26.6. The summed E-state index contributed by atoms with van der Waals surface area (Å²) in [5.41, 5.74) is 12.2. The van der Waals surface area contributed by atoms with Crippen LogP contribution in [0.5, 0.6) is 0 Å². The standard InChI is InChI=1S/C26H38N8O3.ClH/c1-26(2,28)23(35)32-13-15-33(16-14-32)24(36)29-22-9-12-34(25(37)30-22)21-5-3-19(4-6-21)7-10-31-11-8-20(17-27)18-31;/h3-6,9,12,20H,7-8,10-11,13-18,27-28H2,1-2H3,(H,29,30,36,37);1H. The van der Waals surface area contributed by atoms with Gasteiger partial charge in [0.2, 0.25) is 5.91 Å². The fraction of sp³-hybridized carbons (Fsp3) is 0.538. The molecule has 0 bridgehead atoms. The van der Waals surface area contributed by atoms with Crippen LogP contribution in [-0.2, 0) is 11.2 Å². The number of nitrogens with one attached hydrogen (secondary N) is 1. The Morgan fingerprint density at radius 2 is 1.71 bits per heavy atom. The highest BCUT2D eigenvalue weighted by Gasteiger charge is 2.31. The number of rotatable bonds is 7. The van der Waals surface area contributed by atoms with Crippen LogP contribution in [0, 0.1) is 5.92 Å². The first-order chi connectivity index (χ1) is 17.6. The maximum atomic E-state index is 12.7. The second-order valence-electron chi connectivity index (χ2n) is 10.5. The number of piperazine rings is 1. The van der Waals surface area contributed by atoms with Crippen LogP contribution in [0.3, 0.4) is 0 Å². The summed E-state index contributed by atoms with van der Waals surface area (Å²) >= 11 is 0. The third-order valence-corrected chi connectivity index (χ3v) is 7.08. The van der Waals surface area contributed by atoms with Gasteiger partial charge < -0.3 is 26.2 Å². The van der Waals surface area contributed by atoms with Gasteiger partial charge in [0.15, 0.2) is 0 Å². The quantitative estimate of drug-likeness (QED) is 0.468. The Morgan fingerprint density at radius 3 is 2.29 bits per heavy atom. The summed E-state index contributed by atoms with van der Waals surface area (Å²) in [6.45, 7) is 8.84. The zero-order valence-corrected chi connectivity index (χ0v) is 23.0. The molecule has 1 aromatic heterocycles. The van der Waals surface area contributed by atoms with Crippen molar-refractivity contribution in [2.75, 3.05) is 57.7 Å². The number of anilines is 1. The van der Waals surface area contributed by atoms with Crippen molar-refractivity contribution >= 4 is 30.2 Å². The summed E-state index contributed by atoms with van der Waals surface area (Å²) in [5.74, 6) is 0.656. The van der Waals surface area contributed by atoms with E-state index < -0.39 is 11.2 Å². The Morgan fingerprint density at radius 1 is 1.05 bits per heavy atom. The van der Waals surface area contributed by atoms with Crippen LogP contribution in [0.4, 0.5) is 10.6 Å². The number of nitrogens with two attached hydrogens (primary N) is 2. The number of nitrogens with zero attached hydrogens (tertiary/aromatic N) is 5. The van der Waals surface area contributed by atoms with Crippen LogP contribution in [0.1, 0.15) is 25.8 Å². The van der Waals surface area contributed by atoms with Crippen molar-refractivity contribution in [3.8, 4) is 5.69 Å². The third kappa shape index (κ3) is 7.31. The van der Waals surface area contributed by atoms with E-state index in [-0.39, 0.29) is 30.2 Å². The number of benzene rings is 1. The van der Waals surface area contributed by atoms with Crippen molar-refractivity contribution in [3.05, 3.63) is 52.6 Å². The van der Waals surface area contributed by atoms with Crippen molar-refractivity contribution in [1.82, 2.24) is 24.3 Å². The molecule has 11 nitrogen and oxygen atoms in total. The minimum atomic E-state index is -0.944. The minimum Gasteiger partial charge on any atom is -0.338 e. The van der Waals surface area contributed by atoms with Crippen LogP contribution in [0.25, 0.3) is 5.69 Å². The zero-order valence-electron chi connectivity index (χ0n) is 22.1. The summed E-state index contributed by atoms with van der Waals surface area (Å²) < 4.78 is 1.45. The number of hydrogen-bond donors (Lipinski definition) is 3. The van der Waals surface area contributed by atoms with Gasteiger partial charge in [0.1, 0.15) is 5.82 Å². The number of aromatic nitrogens is 2. The number of hydrogen-bond acceptors (Lipinski definition) is 7. The Labute approximate surface area is 229 Å². The van der Waals surface area contributed by atoms with E-state index in [1.807, 2.05) is 24.3 Å². The normalized spacial score (nSPS) is 18.3. The highest BCUT2D eigenvalue weighted by molar-refractivity contribution is 5.89. The van der Waals surface area contributed by atoms with Crippen LogP contribution >= 0.6 is 12.4 Å². The first-order valence-electron chi connectivity index (χ1n) is 12.9. The van der Waals surface area contributed by atoms with Crippen LogP contribution in [0.15, 0.2) is 41.3 Å². The van der Waals surface area contributed by atoms with Gasteiger partial charge in [0, 0.05) is 45.5 Å². The van der Waals surface area contributed by atoms with E-state index >= 15 is 0 Å². The molecule has 12 heteroatoms. The van der Waals surface area contributed by atoms with E-state index in [1.54, 1.807) is 35.9 Å². The molecule has 0 spiro atoms. The van der Waals surface area contributed by atoms with Crippen molar-refractivity contribution < 1.29 is 9.59 Å². The highest BCUT2D eigenvalue weighted by Crippen LogP contribution is 2.16. The van der Waals surface area contributed by atoms with Crippen LogP contribution < -0.4 is 22.5 Å². The van der Waals surface area contributed by atoms with E-state index in [4.69, 9.17) is 11.5 Å². The molecule has 208 valence electrons. The van der Waals surface area contributed by atoms with Gasteiger partial charge in [-0.05, 0) is 69.5 Å². The molecule has 0 aliphatic carbocycles. The Bertz CT molecular complexity index is 1160. The number of likely N-dealkylation sites (tertiary alicyclic amines) is 1. The predicted molar refractivity (Wildman–Crippen MR) is 150 cm³/mol. The minimum absolute atomic E-state index is 0. The van der Waals surface area contributed by atoms with Gasteiger partial charge in [-0.2, -0.15) is 4.98 Å². The van der Waals surface area contributed by atoms with Gasteiger partial charge in [-0.3, -0.25) is 14.7 Å². The molecule has 5 N–H and O–H groups in total. The third-order valence-electron chi connectivity index (χ3n) is 7.08. The van der Waals surface area contributed by atoms with E-state index in [0.29, 0.717) is 37.8 Å². The summed E-state index contributed by atoms with van der Waals surface area (Å²) in [5, 5.41) is 2.69. The molecule has 4 rings (SSSR count). The second-order valence-corrected chi connectivity index (χ2v) is 10.5. The number of halogens is 1. The lowest BCUT2D eigenvalue weighted by Crippen LogP contribution is -2.58. The monoisotopic (exact) mass is 546 g/mol. The molecule has 2 fully saturated rings. The van der Waals surface area contributed by atoms with E-state index in [0.717, 1.165) is 32.6 Å². The predicted octanol–water partition coefficient (Wildman–Crippen LogP) is 0.891. The average molecular weight is 547 g/mol. The molecule has 1 unspecified atom stereocenters. The Balaban J connectivity index is 0.00000400. The Kier molecular flexibility index (Phi) is 9.88. The lowest BCUT2D eigenvalue weighted by Gasteiger charge is -2.37. The SMILES string of the molecule is CC(C)(N)C(=O)N1CCN(C(=O)Nc2ccn(-c3ccc(CCN4CCC(CN)C4)cc3)c(=O)n2)CC1.Cl. The van der Waals surface area contributed by atoms with Gasteiger partial charge >= 0.3 is 11.7 Å². The summed E-state index contributed by atoms with van der Waals surface area (Å²) in [7, 11) is 0. The van der Waals surface area contributed by atoms with Gasteiger partial charge in [-0.25, -0.2) is 9.59 Å². The summed E-state index contributed by atoms with van der Waals surface area (Å²) in [4.78, 5) is 47.4. The van der Waals surface area contributed by atoms with Gasteiger partial charge in [-0.1, -0.05) is 12.1 Å². The smallest absolute Gasteiger partial charge is 0.338 e. The molecular weight excluding hydrogens is 508 g/mol. The van der Waals surface area contributed by atoms with Crippen molar-refractivity contribution in [1.29, 1.82) is 0 Å². The molecular formula is C26H39ClN8O3. The Hall–Kier alpha value is -2.99. The second kappa shape index (κ2) is 12.7. The van der Waals surface area contributed by atoms with E-state index in [2.05, 4.69) is 15.2 Å². The van der Waals surface area contributed by atoms with Gasteiger partial charge in [0.05, 0.1) is 11.2 Å². The number of amides is 3. The van der Waals surface area contributed by atoms with E-state index in [9.17, 15) is 14.4 Å². The molecule has 0 radical (unpaired) electrons. The molecule has 3 amide bonds. The highest BCUT2D eigenvalue weighted by atomic mass is 35.5. The first-order valence-corrected chi connectivity index (χ1v) is 12.9. The van der Waals surface area contributed by atoms with Crippen molar-refractivity contribution in [3.63, 3.8) is 0 Å². The average Bonchev–Trinajstić information content (AvgIpc) is 3.35. The van der Waals surface area contributed by atoms with Gasteiger partial charge in [-0.15, -0.1) is 12.4 Å². The summed E-state index contributed by atoms with van der Waals surface area (Å²) in [6, 6.07) is 9.13. The number of carbonyl (C=O) groups is 2. The molecule has 2 aromatic rings. The maximum absolute atomic E-state index is 12.7. The fourth-order valence-corrected chi connectivity index (χ4v) is 4.80. The molecule has 38 heavy (non-hydrogen) atoms. The summed E-state index contributed by atoms with van der Waals surface area (Å²) in [6.07, 6.45) is 3.73. The molecule has 2 aliphatic rings. The fourth-order valence-electron chi connectivity index (χ4n) is 4.80. The molecule has 1 atom stereocenters. The molecule has 2 aliphatic heterocycles. The van der Waals surface area contributed by atoms with Gasteiger partial charge in [0.25, 0.3) is 0 Å². The largest absolute Gasteiger partial charge is 0.354 e. The molecule has 3 heterocycles. The van der Waals surface area contributed by atoms with Crippen LogP contribution in [0.2, 0.25) is 0 Å². The number of carbonyl (C=O) groups excluding carboxylic acids is 2. The van der Waals surface area contributed by atoms with Crippen molar-refractivity contribution in [2.24, 2.45) is 17.4 Å². The van der Waals surface area contributed by atoms with E-state index in [1.165, 1.54) is 16.6 Å².